The van der Waals surface area contributed by atoms with E-state index in [-0.39, 0.29) is 18.7 Å². The molecule has 0 fully saturated rings. The summed E-state index contributed by atoms with van der Waals surface area (Å²) in [5.74, 6) is -1.76. The van der Waals surface area contributed by atoms with Gasteiger partial charge in [-0.2, -0.15) is 18.3 Å². The Balaban J connectivity index is 1.51. The first-order chi connectivity index (χ1) is 16.6. The van der Waals surface area contributed by atoms with Gasteiger partial charge in [-0.1, -0.05) is 11.3 Å². The van der Waals surface area contributed by atoms with Crippen molar-refractivity contribution in [2.24, 2.45) is 0 Å². The average Bonchev–Trinajstić information content (AvgIpc) is 3.49. The van der Waals surface area contributed by atoms with E-state index in [1.54, 1.807) is 0 Å². The molecule has 0 aliphatic heterocycles. The van der Waals surface area contributed by atoms with Gasteiger partial charge in [-0.15, -0.1) is 5.10 Å². The van der Waals surface area contributed by atoms with Crippen LogP contribution in [0, 0.1) is 11.6 Å². The van der Waals surface area contributed by atoms with Gasteiger partial charge < -0.3 is 9.84 Å². The van der Waals surface area contributed by atoms with Gasteiger partial charge in [-0.3, -0.25) is 0 Å². The van der Waals surface area contributed by atoms with E-state index in [2.05, 4.69) is 20.4 Å². The van der Waals surface area contributed by atoms with Crippen LogP contribution in [-0.2, 0) is 29.7 Å². The lowest BCUT2D eigenvalue weighted by Crippen LogP contribution is -2.44. The van der Waals surface area contributed by atoms with E-state index < -0.39 is 35.1 Å². The van der Waals surface area contributed by atoms with E-state index in [1.165, 1.54) is 47.3 Å². The quantitative estimate of drug-likeness (QED) is 0.376. The molecule has 8 nitrogen and oxygen atoms in total. The summed E-state index contributed by atoms with van der Waals surface area (Å²) in [6, 6.07) is 7.16. The van der Waals surface area contributed by atoms with Crippen LogP contribution in [0.25, 0.3) is 5.69 Å². The highest BCUT2D eigenvalue weighted by Gasteiger charge is 2.40. The molecule has 0 spiro atoms. The maximum atomic E-state index is 14.6. The Morgan fingerprint density at radius 1 is 1.09 bits per heavy atom. The Morgan fingerprint density at radius 3 is 2.46 bits per heavy atom. The molecule has 4 aromatic rings. The fraction of sp³-hybridized carbons (Fsp3) is 0.273. The molecule has 35 heavy (non-hydrogen) atoms. The highest BCUT2D eigenvalue weighted by Crippen LogP contribution is 2.32. The first kappa shape index (κ1) is 24.4. The summed E-state index contributed by atoms with van der Waals surface area (Å²) in [4.78, 5) is 3.80. The highest BCUT2D eigenvalue weighted by molar-refractivity contribution is 5.35. The molecule has 0 amide bonds. The third-order valence-corrected chi connectivity index (χ3v) is 5.42. The zero-order chi connectivity index (χ0) is 25.2. The molecule has 2 aromatic heterocycles. The van der Waals surface area contributed by atoms with E-state index >= 15 is 0 Å². The Hall–Kier alpha value is -3.71. The normalized spacial score (nSPS) is 14.6. The van der Waals surface area contributed by atoms with Crippen LogP contribution in [0.4, 0.5) is 22.0 Å². The Labute approximate surface area is 195 Å². The standard InChI is InChI=1S/C22H19F5N6O2/c1-14(21(34,11-32-13-28-12-29-32)19-7-4-16(23)8-20(19)24)35-10-17-9-33(31-30-17)18-5-2-15(3-6-18)22(25,26)27/h2-9,12-14,34H,10-11H2,1H3/t14-,21-/m1/s1. The molecule has 0 bridgehead atoms. The van der Waals surface area contributed by atoms with Crippen molar-refractivity contribution in [1.82, 2.24) is 29.8 Å². The number of nitrogens with zero attached hydrogens (tertiary/aromatic N) is 6. The van der Waals surface area contributed by atoms with Gasteiger partial charge in [0.1, 0.15) is 35.6 Å². The molecule has 1 N–H and O–H groups in total. The van der Waals surface area contributed by atoms with Crippen LogP contribution in [0.5, 0.6) is 0 Å². The third-order valence-electron chi connectivity index (χ3n) is 5.42. The molecular weight excluding hydrogens is 475 g/mol. The number of rotatable bonds is 8. The lowest BCUT2D eigenvalue weighted by molar-refractivity contribution is -0.137. The van der Waals surface area contributed by atoms with Gasteiger partial charge in [0.15, 0.2) is 0 Å². The van der Waals surface area contributed by atoms with Gasteiger partial charge >= 0.3 is 6.18 Å². The molecule has 13 heteroatoms. The summed E-state index contributed by atoms with van der Waals surface area (Å²) in [5, 5.41) is 23.2. The first-order valence-corrected chi connectivity index (χ1v) is 10.3. The van der Waals surface area contributed by atoms with Crippen molar-refractivity contribution in [1.29, 1.82) is 0 Å². The van der Waals surface area contributed by atoms with Crippen LogP contribution in [0.3, 0.4) is 0 Å². The number of ether oxygens (including phenoxy) is 1. The van der Waals surface area contributed by atoms with E-state index in [9.17, 15) is 27.1 Å². The fourth-order valence-corrected chi connectivity index (χ4v) is 3.48. The number of benzene rings is 2. The van der Waals surface area contributed by atoms with Crippen LogP contribution < -0.4 is 0 Å². The molecule has 0 radical (unpaired) electrons. The largest absolute Gasteiger partial charge is 0.416 e. The van der Waals surface area contributed by atoms with Gasteiger partial charge in [0.25, 0.3) is 0 Å². The lowest BCUT2D eigenvalue weighted by Gasteiger charge is -2.34. The van der Waals surface area contributed by atoms with Crippen LogP contribution in [0.2, 0.25) is 0 Å². The summed E-state index contributed by atoms with van der Waals surface area (Å²) in [6.45, 7) is 1.10. The summed E-state index contributed by atoms with van der Waals surface area (Å²) < 4.78 is 74.6. The predicted molar refractivity (Wildman–Crippen MR) is 111 cm³/mol. The first-order valence-electron chi connectivity index (χ1n) is 10.3. The lowest BCUT2D eigenvalue weighted by atomic mass is 9.88. The topological polar surface area (TPSA) is 90.9 Å². The number of aromatic nitrogens is 6. The Kier molecular flexibility index (Phi) is 6.63. The van der Waals surface area contributed by atoms with Gasteiger partial charge in [0.2, 0.25) is 0 Å². The second kappa shape index (κ2) is 9.50. The van der Waals surface area contributed by atoms with Crippen molar-refractivity contribution in [3.8, 4) is 5.69 Å². The molecule has 0 saturated carbocycles. The number of halogens is 5. The second-order valence-corrected chi connectivity index (χ2v) is 7.79. The summed E-state index contributed by atoms with van der Waals surface area (Å²) in [5.41, 5.74) is -2.30. The minimum absolute atomic E-state index is 0.162. The molecule has 0 aliphatic rings. The number of hydrogen-bond donors (Lipinski definition) is 1. The van der Waals surface area contributed by atoms with Crippen molar-refractivity contribution < 1.29 is 31.8 Å². The molecule has 4 rings (SSSR count). The Bertz CT molecular complexity index is 1280. The molecule has 0 aliphatic carbocycles. The van der Waals surface area contributed by atoms with Crippen LogP contribution >= 0.6 is 0 Å². The smallest absolute Gasteiger partial charge is 0.380 e. The van der Waals surface area contributed by atoms with Crippen molar-refractivity contribution in [3.05, 3.63) is 89.8 Å². The predicted octanol–water partition coefficient (Wildman–Crippen LogP) is 3.65. The van der Waals surface area contributed by atoms with E-state index in [0.29, 0.717) is 17.4 Å². The summed E-state index contributed by atoms with van der Waals surface area (Å²) in [7, 11) is 0. The average molecular weight is 494 g/mol. The third kappa shape index (κ3) is 5.35. The van der Waals surface area contributed by atoms with E-state index in [4.69, 9.17) is 4.74 Å². The number of alkyl halides is 3. The van der Waals surface area contributed by atoms with Gasteiger partial charge in [0, 0.05) is 11.6 Å². The van der Waals surface area contributed by atoms with Crippen molar-refractivity contribution in [2.75, 3.05) is 0 Å². The summed E-state index contributed by atoms with van der Waals surface area (Å²) in [6.07, 6.45) is -1.47. The minimum atomic E-state index is -4.46. The van der Waals surface area contributed by atoms with E-state index in [1.807, 2.05) is 0 Å². The van der Waals surface area contributed by atoms with Crippen molar-refractivity contribution >= 4 is 0 Å². The second-order valence-electron chi connectivity index (χ2n) is 7.79. The van der Waals surface area contributed by atoms with Crippen LogP contribution in [0.15, 0.2) is 61.3 Å². The molecule has 2 heterocycles. The SMILES string of the molecule is C[C@@H](OCc1cn(-c2ccc(C(F)(F)F)cc2)nn1)[C@](O)(Cn1cncn1)c1ccc(F)cc1F. The zero-order valence-electron chi connectivity index (χ0n) is 18.2. The molecule has 184 valence electrons. The molecule has 0 unspecified atom stereocenters. The zero-order valence-corrected chi connectivity index (χ0v) is 18.2. The van der Waals surface area contributed by atoms with Crippen molar-refractivity contribution in [2.45, 2.75) is 38.0 Å². The van der Waals surface area contributed by atoms with E-state index in [0.717, 1.165) is 24.3 Å². The number of aliphatic hydroxyl groups is 1. The monoisotopic (exact) mass is 494 g/mol. The maximum Gasteiger partial charge on any atom is 0.416 e. The van der Waals surface area contributed by atoms with Gasteiger partial charge in [0.05, 0.1) is 36.7 Å². The molecule has 0 saturated heterocycles. The minimum Gasteiger partial charge on any atom is -0.380 e. The highest BCUT2D eigenvalue weighted by atomic mass is 19.4. The maximum absolute atomic E-state index is 14.6. The fourth-order valence-electron chi connectivity index (χ4n) is 3.48. The van der Waals surface area contributed by atoms with Crippen molar-refractivity contribution in [3.63, 3.8) is 0 Å². The molecular formula is C22H19F5N6O2. The molecule has 2 aromatic carbocycles. The van der Waals surface area contributed by atoms with Gasteiger partial charge in [-0.25, -0.2) is 23.1 Å². The number of hydrogen-bond acceptors (Lipinski definition) is 6. The van der Waals surface area contributed by atoms with Gasteiger partial charge in [-0.05, 0) is 37.3 Å². The summed E-state index contributed by atoms with van der Waals surface area (Å²) >= 11 is 0. The van der Waals surface area contributed by atoms with Crippen LogP contribution in [0.1, 0.15) is 23.7 Å². The molecule has 2 atom stereocenters. The Morgan fingerprint density at radius 2 is 1.83 bits per heavy atom. The van der Waals surface area contributed by atoms with Crippen LogP contribution in [-0.4, -0.2) is 41.0 Å².